The molecule has 7 heavy (non-hydrogen) atoms. The van der Waals surface area contributed by atoms with Crippen LogP contribution in [0, 0.1) is 6.92 Å². The summed E-state index contributed by atoms with van der Waals surface area (Å²) in [5, 5.41) is 0. The Kier molecular flexibility index (Phi) is 2.92. The largest absolute Gasteiger partial charge is 0.371 e. The van der Waals surface area contributed by atoms with Gasteiger partial charge in [-0.15, -0.1) is 0 Å². The first-order chi connectivity index (χ1) is 3.06. The molecule has 0 aromatic carbocycles. The highest BCUT2D eigenvalue weighted by Gasteiger charge is 2.23. The fourth-order valence-corrected chi connectivity index (χ4v) is 0.579. The summed E-state index contributed by atoms with van der Waals surface area (Å²) in [7, 11) is 0. The second-order valence-electron chi connectivity index (χ2n) is 0.794. The third kappa shape index (κ3) is 6.50. The smallest absolute Gasteiger partial charge is 0.177 e. The highest BCUT2D eigenvalue weighted by Crippen LogP contribution is 2.32. The standard InChI is InChI=1S/C3H4ClF2S/c1-2-7-3(4,5)6/h1-2H2. The highest BCUT2D eigenvalue weighted by molar-refractivity contribution is 8.01. The molecule has 1 radical (unpaired) electrons. The summed E-state index contributed by atoms with van der Waals surface area (Å²) in [6.07, 6.45) is 0. The van der Waals surface area contributed by atoms with Gasteiger partial charge in [0.15, 0.2) is 0 Å². The molecule has 4 heteroatoms. The Bertz CT molecular complexity index is 51.4. The molecule has 0 nitrogen and oxygen atoms in total. The molecule has 0 rings (SSSR count). The molecule has 0 N–H and O–H groups in total. The quantitative estimate of drug-likeness (QED) is 0.538. The SMILES string of the molecule is [CH2]CSC(F)(F)Cl. The Hall–Kier alpha value is 0.500. The molecule has 0 heterocycles. The van der Waals surface area contributed by atoms with Crippen LogP contribution >= 0.6 is 23.4 Å². The van der Waals surface area contributed by atoms with Crippen LogP contribution in [0.3, 0.4) is 0 Å². The summed E-state index contributed by atoms with van der Waals surface area (Å²) in [4.78, 5) is 0. The lowest BCUT2D eigenvalue weighted by Gasteiger charge is -2.01. The number of hydrogen-bond acceptors (Lipinski definition) is 1. The summed E-state index contributed by atoms with van der Waals surface area (Å²) in [5.74, 6) is 0.0938. The fourth-order valence-electron chi connectivity index (χ4n) is 0.116. The summed E-state index contributed by atoms with van der Waals surface area (Å²) in [5.41, 5.74) is 0. The molecule has 0 fully saturated rings. The van der Waals surface area contributed by atoms with Gasteiger partial charge >= 0.3 is 4.71 Å². The van der Waals surface area contributed by atoms with Gasteiger partial charge in [-0.25, -0.2) is 0 Å². The first-order valence-corrected chi connectivity index (χ1v) is 2.92. The van der Waals surface area contributed by atoms with Crippen molar-refractivity contribution in [2.75, 3.05) is 5.75 Å². The number of halogens is 3. The first-order valence-electron chi connectivity index (χ1n) is 1.56. The van der Waals surface area contributed by atoms with E-state index in [0.717, 1.165) is 0 Å². The van der Waals surface area contributed by atoms with Crippen LogP contribution in [0.2, 0.25) is 0 Å². The number of thioether (sulfide) groups is 1. The van der Waals surface area contributed by atoms with Crippen LogP contribution in [0.4, 0.5) is 8.78 Å². The molecule has 0 aromatic rings. The molecule has 0 aliphatic heterocycles. The molecular formula is C3H4ClF2S. The average molecular weight is 146 g/mol. The molecule has 0 unspecified atom stereocenters. The van der Waals surface area contributed by atoms with Gasteiger partial charge in [0, 0.05) is 5.75 Å². The lowest BCUT2D eigenvalue weighted by molar-refractivity contribution is 0.203. The normalized spacial score (nSPS) is 12.0. The fraction of sp³-hybridized carbons (Fsp3) is 0.667. The van der Waals surface area contributed by atoms with Crippen molar-refractivity contribution in [2.45, 2.75) is 4.71 Å². The van der Waals surface area contributed by atoms with Gasteiger partial charge in [-0.3, -0.25) is 0 Å². The number of alkyl halides is 3. The molecule has 0 saturated heterocycles. The van der Waals surface area contributed by atoms with Gasteiger partial charge in [-0.1, -0.05) is 11.8 Å². The molecule has 0 spiro atoms. The monoisotopic (exact) mass is 145 g/mol. The predicted molar refractivity (Wildman–Crippen MR) is 28.6 cm³/mol. The van der Waals surface area contributed by atoms with Gasteiger partial charge in [0.2, 0.25) is 0 Å². The Labute approximate surface area is 50.2 Å². The maximum absolute atomic E-state index is 11.4. The zero-order valence-corrected chi connectivity index (χ0v) is 5.03. The molecule has 0 saturated carbocycles. The molecular weight excluding hydrogens is 142 g/mol. The van der Waals surface area contributed by atoms with Gasteiger partial charge in [-0.05, 0) is 18.5 Å². The Morgan fingerprint density at radius 1 is 1.71 bits per heavy atom. The molecule has 0 aliphatic carbocycles. The highest BCUT2D eigenvalue weighted by atomic mass is 35.5. The topological polar surface area (TPSA) is 0 Å². The number of hydrogen-bond donors (Lipinski definition) is 0. The van der Waals surface area contributed by atoms with Crippen LogP contribution in [-0.2, 0) is 0 Å². The van der Waals surface area contributed by atoms with E-state index < -0.39 is 4.71 Å². The van der Waals surface area contributed by atoms with Crippen LogP contribution in [0.1, 0.15) is 0 Å². The van der Waals surface area contributed by atoms with E-state index in [9.17, 15) is 8.78 Å². The van der Waals surface area contributed by atoms with Crippen molar-refractivity contribution in [3.8, 4) is 0 Å². The first kappa shape index (κ1) is 7.50. The molecule has 0 aromatic heterocycles. The van der Waals surface area contributed by atoms with Crippen LogP contribution < -0.4 is 0 Å². The minimum Gasteiger partial charge on any atom is -0.177 e. The van der Waals surface area contributed by atoms with Crippen molar-refractivity contribution < 1.29 is 8.78 Å². The van der Waals surface area contributed by atoms with Crippen molar-refractivity contribution in [1.29, 1.82) is 0 Å². The second kappa shape index (κ2) is 2.72. The zero-order chi connectivity index (χ0) is 5.91. The molecule has 0 bridgehead atoms. The predicted octanol–water partition coefficient (Wildman–Crippen LogP) is 2.34. The summed E-state index contributed by atoms with van der Waals surface area (Å²) in [6.45, 7) is 3.17. The maximum Gasteiger partial charge on any atom is 0.371 e. The van der Waals surface area contributed by atoms with Gasteiger partial charge in [0.05, 0.1) is 0 Å². The van der Waals surface area contributed by atoms with Gasteiger partial charge < -0.3 is 0 Å². The van der Waals surface area contributed by atoms with E-state index in [1.165, 1.54) is 0 Å². The van der Waals surface area contributed by atoms with Crippen LogP contribution in [0.25, 0.3) is 0 Å². The second-order valence-corrected chi connectivity index (χ2v) is 2.70. The zero-order valence-electron chi connectivity index (χ0n) is 3.46. The molecule has 0 amide bonds. The molecule has 0 atom stereocenters. The van der Waals surface area contributed by atoms with Crippen molar-refractivity contribution in [2.24, 2.45) is 0 Å². The van der Waals surface area contributed by atoms with Crippen molar-refractivity contribution in [3.63, 3.8) is 0 Å². The van der Waals surface area contributed by atoms with E-state index >= 15 is 0 Å². The van der Waals surface area contributed by atoms with E-state index in [-0.39, 0.29) is 5.75 Å². The Morgan fingerprint density at radius 3 is 2.14 bits per heavy atom. The van der Waals surface area contributed by atoms with Crippen LogP contribution in [-0.4, -0.2) is 10.5 Å². The van der Waals surface area contributed by atoms with Crippen molar-refractivity contribution >= 4 is 23.4 Å². The lowest BCUT2D eigenvalue weighted by atomic mass is 11.0. The Balaban J connectivity index is 3.15. The number of rotatable bonds is 2. The van der Waals surface area contributed by atoms with E-state index in [1.54, 1.807) is 0 Å². The lowest BCUT2D eigenvalue weighted by Crippen LogP contribution is -1.97. The third-order valence-electron chi connectivity index (χ3n) is 0.266. The molecule has 43 valence electrons. The maximum atomic E-state index is 11.4. The van der Waals surface area contributed by atoms with E-state index in [4.69, 9.17) is 0 Å². The average Bonchev–Trinajstić information content (AvgIpc) is 1.30. The van der Waals surface area contributed by atoms with E-state index in [2.05, 4.69) is 18.5 Å². The van der Waals surface area contributed by atoms with Crippen LogP contribution in [0.15, 0.2) is 0 Å². The van der Waals surface area contributed by atoms with Crippen molar-refractivity contribution in [3.05, 3.63) is 6.92 Å². The van der Waals surface area contributed by atoms with Gasteiger partial charge in [0.25, 0.3) is 0 Å². The molecule has 0 aliphatic rings. The summed E-state index contributed by atoms with van der Waals surface area (Å²) < 4.78 is 19.7. The Morgan fingerprint density at radius 2 is 2.14 bits per heavy atom. The summed E-state index contributed by atoms with van der Waals surface area (Å²) >= 11 is 4.73. The summed E-state index contributed by atoms with van der Waals surface area (Å²) in [6, 6.07) is 0. The van der Waals surface area contributed by atoms with Gasteiger partial charge in [0.1, 0.15) is 0 Å². The van der Waals surface area contributed by atoms with Crippen LogP contribution in [0.5, 0.6) is 0 Å². The van der Waals surface area contributed by atoms with Crippen molar-refractivity contribution in [1.82, 2.24) is 0 Å². The minimum absolute atomic E-state index is 0.0938. The van der Waals surface area contributed by atoms with Gasteiger partial charge in [-0.2, -0.15) is 8.78 Å². The minimum atomic E-state index is -3.12. The van der Waals surface area contributed by atoms with E-state index in [0.29, 0.717) is 11.8 Å². The third-order valence-corrected chi connectivity index (χ3v) is 1.12. The van der Waals surface area contributed by atoms with E-state index in [1.807, 2.05) is 0 Å².